The summed E-state index contributed by atoms with van der Waals surface area (Å²) in [6.07, 6.45) is 3.09. The van der Waals surface area contributed by atoms with E-state index in [9.17, 15) is 9.59 Å². The quantitative estimate of drug-likeness (QED) is 0.539. The van der Waals surface area contributed by atoms with Crippen molar-refractivity contribution in [1.29, 1.82) is 0 Å². The van der Waals surface area contributed by atoms with Crippen molar-refractivity contribution in [1.82, 2.24) is 9.78 Å². The average molecular weight is 456 g/mol. The van der Waals surface area contributed by atoms with Gasteiger partial charge in [-0.05, 0) is 55.3 Å². The SMILES string of the molecule is Cn1nccc1C(=O)c1ccc(Sc2cccc(NC(=O)C3CCOCC3)c2)cc1Cl. The zero-order chi connectivity index (χ0) is 21.8. The molecule has 2 heterocycles. The number of carbonyl (C=O) groups is 2. The van der Waals surface area contributed by atoms with Crippen LogP contribution in [0.15, 0.2) is 64.5 Å². The van der Waals surface area contributed by atoms with E-state index in [1.165, 1.54) is 16.4 Å². The van der Waals surface area contributed by atoms with E-state index in [1.807, 2.05) is 30.3 Å². The first-order chi connectivity index (χ1) is 15.0. The van der Waals surface area contributed by atoms with Gasteiger partial charge in [0.25, 0.3) is 0 Å². The Hall–Kier alpha value is -2.61. The largest absolute Gasteiger partial charge is 0.381 e. The fourth-order valence-corrected chi connectivity index (χ4v) is 4.70. The molecule has 0 unspecified atom stereocenters. The highest BCUT2D eigenvalue weighted by Crippen LogP contribution is 2.33. The molecule has 1 amide bonds. The first-order valence-electron chi connectivity index (χ1n) is 10.00. The fourth-order valence-electron chi connectivity index (χ4n) is 3.46. The summed E-state index contributed by atoms with van der Waals surface area (Å²) in [5, 5.41) is 7.43. The number of nitrogens with zero attached hydrogens (tertiary/aromatic N) is 2. The number of benzene rings is 2. The summed E-state index contributed by atoms with van der Waals surface area (Å²) in [4.78, 5) is 27.0. The van der Waals surface area contributed by atoms with Crippen molar-refractivity contribution in [2.45, 2.75) is 22.6 Å². The van der Waals surface area contributed by atoms with Gasteiger partial charge in [-0.1, -0.05) is 29.4 Å². The molecule has 0 aliphatic carbocycles. The molecule has 0 radical (unpaired) electrons. The van der Waals surface area contributed by atoms with E-state index in [-0.39, 0.29) is 17.6 Å². The van der Waals surface area contributed by atoms with Crippen LogP contribution in [0.5, 0.6) is 0 Å². The van der Waals surface area contributed by atoms with Gasteiger partial charge < -0.3 is 10.1 Å². The second-order valence-electron chi connectivity index (χ2n) is 7.32. The van der Waals surface area contributed by atoms with Crippen molar-refractivity contribution in [3.05, 3.63) is 71.0 Å². The molecule has 0 bridgehead atoms. The lowest BCUT2D eigenvalue weighted by atomic mass is 9.99. The van der Waals surface area contributed by atoms with Crippen molar-refractivity contribution in [2.75, 3.05) is 18.5 Å². The van der Waals surface area contributed by atoms with Gasteiger partial charge in [0.2, 0.25) is 11.7 Å². The number of aromatic nitrogens is 2. The van der Waals surface area contributed by atoms with E-state index in [2.05, 4.69) is 10.4 Å². The third-order valence-electron chi connectivity index (χ3n) is 5.17. The summed E-state index contributed by atoms with van der Waals surface area (Å²) in [6.45, 7) is 1.27. The van der Waals surface area contributed by atoms with Crippen LogP contribution in [0.2, 0.25) is 5.02 Å². The lowest BCUT2D eigenvalue weighted by Gasteiger charge is -2.21. The molecule has 1 aromatic heterocycles. The van der Waals surface area contributed by atoms with Crippen molar-refractivity contribution in [3.8, 4) is 0 Å². The minimum Gasteiger partial charge on any atom is -0.381 e. The normalized spacial score (nSPS) is 14.4. The maximum Gasteiger partial charge on any atom is 0.227 e. The van der Waals surface area contributed by atoms with Gasteiger partial charge in [-0.25, -0.2) is 0 Å². The molecule has 1 aliphatic rings. The molecule has 160 valence electrons. The number of hydrogen-bond donors (Lipinski definition) is 1. The van der Waals surface area contributed by atoms with Crippen LogP contribution in [0.25, 0.3) is 0 Å². The standard InChI is InChI=1S/C23H22ClN3O3S/c1-27-21(7-10-25-27)22(28)19-6-5-18(14-20(19)24)31-17-4-2-3-16(13-17)26-23(29)15-8-11-30-12-9-15/h2-7,10,13-15H,8-9,11-12H2,1H3,(H,26,29). The second kappa shape index (κ2) is 9.68. The topological polar surface area (TPSA) is 73.2 Å². The van der Waals surface area contributed by atoms with Gasteiger partial charge in [-0.3, -0.25) is 14.3 Å². The van der Waals surface area contributed by atoms with E-state index < -0.39 is 0 Å². The number of anilines is 1. The summed E-state index contributed by atoms with van der Waals surface area (Å²) in [7, 11) is 1.72. The minimum atomic E-state index is -0.167. The highest BCUT2D eigenvalue weighted by Gasteiger charge is 2.21. The van der Waals surface area contributed by atoms with Gasteiger partial charge in [-0.15, -0.1) is 0 Å². The maximum absolute atomic E-state index is 12.7. The highest BCUT2D eigenvalue weighted by molar-refractivity contribution is 7.99. The van der Waals surface area contributed by atoms with E-state index in [0.29, 0.717) is 29.5 Å². The van der Waals surface area contributed by atoms with Gasteiger partial charge in [0.1, 0.15) is 5.69 Å². The zero-order valence-corrected chi connectivity index (χ0v) is 18.6. The Morgan fingerprint density at radius 3 is 2.61 bits per heavy atom. The molecule has 4 rings (SSSR count). The average Bonchev–Trinajstić information content (AvgIpc) is 3.20. The summed E-state index contributed by atoms with van der Waals surface area (Å²) < 4.78 is 6.85. The van der Waals surface area contributed by atoms with Crippen molar-refractivity contribution in [3.63, 3.8) is 0 Å². The molecule has 31 heavy (non-hydrogen) atoms. The van der Waals surface area contributed by atoms with Crippen LogP contribution in [0.1, 0.15) is 28.9 Å². The lowest BCUT2D eigenvalue weighted by Crippen LogP contribution is -2.28. The molecule has 1 aliphatic heterocycles. The van der Waals surface area contributed by atoms with Crippen LogP contribution in [0, 0.1) is 5.92 Å². The first kappa shape index (κ1) is 21.6. The molecule has 6 nitrogen and oxygen atoms in total. The second-order valence-corrected chi connectivity index (χ2v) is 8.87. The summed E-state index contributed by atoms with van der Waals surface area (Å²) in [6, 6.07) is 14.7. The Labute approximate surface area is 189 Å². The van der Waals surface area contributed by atoms with Crippen LogP contribution in [-0.4, -0.2) is 34.7 Å². The van der Waals surface area contributed by atoms with Gasteiger partial charge >= 0.3 is 0 Å². The molecular formula is C23H22ClN3O3S. The van der Waals surface area contributed by atoms with Crippen LogP contribution >= 0.6 is 23.4 Å². The number of ether oxygens (including phenoxy) is 1. The molecule has 1 N–H and O–H groups in total. The van der Waals surface area contributed by atoms with Crippen molar-refractivity contribution >= 4 is 40.7 Å². The smallest absolute Gasteiger partial charge is 0.227 e. The Morgan fingerprint density at radius 2 is 1.90 bits per heavy atom. The van der Waals surface area contributed by atoms with Crippen LogP contribution in [0.3, 0.4) is 0 Å². The lowest BCUT2D eigenvalue weighted by molar-refractivity contribution is -0.122. The zero-order valence-electron chi connectivity index (χ0n) is 17.0. The number of rotatable bonds is 6. The number of ketones is 1. The minimum absolute atomic E-state index is 0.00613. The third kappa shape index (κ3) is 5.18. The summed E-state index contributed by atoms with van der Waals surface area (Å²) in [5.74, 6) is -0.140. The van der Waals surface area contributed by atoms with Crippen molar-refractivity contribution in [2.24, 2.45) is 13.0 Å². The van der Waals surface area contributed by atoms with Crippen LogP contribution in [0.4, 0.5) is 5.69 Å². The monoisotopic (exact) mass is 455 g/mol. The Balaban J connectivity index is 1.45. The highest BCUT2D eigenvalue weighted by atomic mass is 35.5. The van der Waals surface area contributed by atoms with Gasteiger partial charge in [0.15, 0.2) is 0 Å². The number of halogens is 1. The maximum atomic E-state index is 12.7. The number of aryl methyl sites for hydroxylation is 1. The Morgan fingerprint density at radius 1 is 1.13 bits per heavy atom. The predicted octanol–water partition coefficient (Wildman–Crippen LogP) is 4.82. The molecule has 0 spiro atoms. The van der Waals surface area contributed by atoms with Gasteiger partial charge in [-0.2, -0.15) is 5.10 Å². The summed E-state index contributed by atoms with van der Waals surface area (Å²) >= 11 is 7.93. The Kier molecular flexibility index (Phi) is 6.75. The molecule has 0 atom stereocenters. The van der Waals surface area contributed by atoms with Crippen LogP contribution in [-0.2, 0) is 16.6 Å². The number of hydrogen-bond acceptors (Lipinski definition) is 5. The molecular weight excluding hydrogens is 434 g/mol. The molecule has 8 heteroatoms. The van der Waals surface area contributed by atoms with E-state index in [0.717, 1.165) is 28.3 Å². The molecule has 0 saturated carbocycles. The van der Waals surface area contributed by atoms with E-state index in [4.69, 9.17) is 16.3 Å². The third-order valence-corrected chi connectivity index (χ3v) is 6.46. The van der Waals surface area contributed by atoms with E-state index >= 15 is 0 Å². The fraction of sp³-hybridized carbons (Fsp3) is 0.261. The first-order valence-corrected chi connectivity index (χ1v) is 11.2. The molecule has 1 fully saturated rings. The van der Waals surface area contributed by atoms with Gasteiger partial charge in [0, 0.05) is 53.4 Å². The summed E-state index contributed by atoms with van der Waals surface area (Å²) in [5.41, 5.74) is 1.68. The van der Waals surface area contributed by atoms with Gasteiger partial charge in [0.05, 0.1) is 5.02 Å². The van der Waals surface area contributed by atoms with Crippen LogP contribution < -0.4 is 5.32 Å². The number of nitrogens with one attached hydrogen (secondary N) is 1. The molecule has 3 aromatic rings. The number of carbonyl (C=O) groups excluding carboxylic acids is 2. The predicted molar refractivity (Wildman–Crippen MR) is 121 cm³/mol. The van der Waals surface area contributed by atoms with Crippen molar-refractivity contribution < 1.29 is 14.3 Å². The Bertz CT molecular complexity index is 1110. The van der Waals surface area contributed by atoms with E-state index in [1.54, 1.807) is 31.4 Å². The molecule has 1 saturated heterocycles. The molecule has 2 aromatic carbocycles. The number of amides is 1.